The number of rotatable bonds is 3. The third-order valence-electron chi connectivity index (χ3n) is 1.91. The largest absolute Gasteiger partial charge is 0.328 e. The van der Waals surface area contributed by atoms with Crippen molar-refractivity contribution in [2.24, 2.45) is 5.73 Å². The summed E-state index contributed by atoms with van der Waals surface area (Å²) in [4.78, 5) is 0. The molecule has 72 valence electrons. The lowest BCUT2D eigenvalue weighted by Crippen LogP contribution is -2.15. The second kappa shape index (κ2) is 4.58. The van der Waals surface area contributed by atoms with Crippen LogP contribution in [0.2, 0.25) is 5.02 Å². The summed E-state index contributed by atoms with van der Waals surface area (Å²) in [6.45, 7) is 1.90. The molecule has 0 aliphatic carbocycles. The van der Waals surface area contributed by atoms with E-state index >= 15 is 0 Å². The molecule has 1 nitrogen and oxygen atoms in total. The predicted molar refractivity (Wildman–Crippen MR) is 53.4 cm³/mol. The molecule has 3 heteroatoms. The quantitative estimate of drug-likeness (QED) is 0.800. The normalized spacial score (nSPS) is 12.9. The monoisotopic (exact) mass is 201 g/mol. The molecule has 0 saturated carbocycles. The zero-order valence-electron chi connectivity index (χ0n) is 7.56. The van der Waals surface area contributed by atoms with Gasteiger partial charge in [-0.15, -0.1) is 0 Å². The minimum atomic E-state index is -0.242. The van der Waals surface area contributed by atoms with Gasteiger partial charge in [0.25, 0.3) is 0 Å². The fourth-order valence-corrected chi connectivity index (χ4v) is 1.40. The van der Waals surface area contributed by atoms with Gasteiger partial charge in [0.2, 0.25) is 0 Å². The summed E-state index contributed by atoms with van der Waals surface area (Å²) in [5.41, 5.74) is 6.15. The molecule has 1 atom stereocenters. The van der Waals surface area contributed by atoms with E-state index in [4.69, 9.17) is 17.3 Å². The van der Waals surface area contributed by atoms with Crippen LogP contribution in [0.5, 0.6) is 0 Å². The van der Waals surface area contributed by atoms with Crippen LogP contribution in [0.25, 0.3) is 0 Å². The average molecular weight is 202 g/mol. The highest BCUT2D eigenvalue weighted by molar-refractivity contribution is 6.31. The molecule has 0 aliphatic heterocycles. The minimum Gasteiger partial charge on any atom is -0.328 e. The molecular formula is C10H13ClFN. The Bertz CT molecular complexity index is 266. The van der Waals surface area contributed by atoms with E-state index in [0.717, 1.165) is 6.42 Å². The molecule has 0 amide bonds. The van der Waals surface area contributed by atoms with Gasteiger partial charge in [-0.2, -0.15) is 0 Å². The third kappa shape index (κ3) is 2.98. The molecule has 1 rings (SSSR count). The lowest BCUT2D eigenvalue weighted by Gasteiger charge is -2.07. The van der Waals surface area contributed by atoms with Gasteiger partial charge in [-0.3, -0.25) is 0 Å². The number of nitrogens with two attached hydrogens (primary N) is 1. The SMILES string of the molecule is C[C@H](N)CCc1c(F)cccc1Cl. The summed E-state index contributed by atoms with van der Waals surface area (Å²) in [5, 5.41) is 0.487. The van der Waals surface area contributed by atoms with Gasteiger partial charge < -0.3 is 5.73 Å². The molecule has 1 aromatic rings. The van der Waals surface area contributed by atoms with Crippen LogP contribution in [0.1, 0.15) is 18.9 Å². The van der Waals surface area contributed by atoms with Crippen LogP contribution in [-0.2, 0) is 6.42 Å². The van der Waals surface area contributed by atoms with Crippen molar-refractivity contribution in [2.75, 3.05) is 0 Å². The Morgan fingerprint density at radius 3 is 2.77 bits per heavy atom. The molecule has 0 heterocycles. The van der Waals surface area contributed by atoms with Crippen molar-refractivity contribution in [3.05, 3.63) is 34.6 Å². The second-order valence-corrected chi connectivity index (χ2v) is 3.62. The zero-order chi connectivity index (χ0) is 9.84. The van der Waals surface area contributed by atoms with Crippen molar-refractivity contribution in [1.82, 2.24) is 0 Å². The van der Waals surface area contributed by atoms with Crippen molar-refractivity contribution in [3.63, 3.8) is 0 Å². The Balaban J connectivity index is 2.75. The molecule has 13 heavy (non-hydrogen) atoms. The van der Waals surface area contributed by atoms with E-state index in [1.807, 2.05) is 6.92 Å². The minimum absolute atomic E-state index is 0.0793. The molecule has 0 spiro atoms. The van der Waals surface area contributed by atoms with Crippen molar-refractivity contribution < 1.29 is 4.39 Å². The van der Waals surface area contributed by atoms with E-state index in [-0.39, 0.29) is 11.9 Å². The van der Waals surface area contributed by atoms with Gasteiger partial charge in [-0.1, -0.05) is 17.7 Å². The Kier molecular flexibility index (Phi) is 3.70. The maximum Gasteiger partial charge on any atom is 0.127 e. The van der Waals surface area contributed by atoms with Crippen LogP contribution in [0, 0.1) is 5.82 Å². The Morgan fingerprint density at radius 2 is 2.23 bits per heavy atom. The van der Waals surface area contributed by atoms with E-state index in [0.29, 0.717) is 17.0 Å². The van der Waals surface area contributed by atoms with Crippen LogP contribution in [-0.4, -0.2) is 6.04 Å². The zero-order valence-corrected chi connectivity index (χ0v) is 8.31. The molecule has 0 unspecified atom stereocenters. The van der Waals surface area contributed by atoms with Crippen LogP contribution in [0.15, 0.2) is 18.2 Å². The van der Waals surface area contributed by atoms with E-state index in [1.165, 1.54) is 6.07 Å². The summed E-state index contributed by atoms with van der Waals surface area (Å²) < 4.78 is 13.2. The van der Waals surface area contributed by atoms with Crippen molar-refractivity contribution in [3.8, 4) is 0 Å². The summed E-state index contributed by atoms with van der Waals surface area (Å²) in [5.74, 6) is -0.242. The van der Waals surface area contributed by atoms with Gasteiger partial charge in [0, 0.05) is 16.6 Å². The van der Waals surface area contributed by atoms with E-state index in [1.54, 1.807) is 12.1 Å². The Labute approximate surface area is 82.7 Å². The molecule has 0 aromatic heterocycles. The molecule has 2 N–H and O–H groups in total. The van der Waals surface area contributed by atoms with Crippen LogP contribution in [0.4, 0.5) is 4.39 Å². The molecule has 0 saturated heterocycles. The van der Waals surface area contributed by atoms with Crippen molar-refractivity contribution in [2.45, 2.75) is 25.8 Å². The molecule has 1 aromatic carbocycles. The first-order chi connectivity index (χ1) is 6.11. The van der Waals surface area contributed by atoms with Crippen molar-refractivity contribution >= 4 is 11.6 Å². The van der Waals surface area contributed by atoms with Gasteiger partial charge >= 0.3 is 0 Å². The first kappa shape index (κ1) is 10.5. The van der Waals surface area contributed by atoms with E-state index in [2.05, 4.69) is 0 Å². The maximum atomic E-state index is 13.2. The summed E-state index contributed by atoms with van der Waals surface area (Å²) >= 11 is 5.83. The van der Waals surface area contributed by atoms with Crippen LogP contribution in [0.3, 0.4) is 0 Å². The molecule has 0 radical (unpaired) electrons. The third-order valence-corrected chi connectivity index (χ3v) is 2.27. The maximum absolute atomic E-state index is 13.2. The van der Waals surface area contributed by atoms with Gasteiger partial charge in [-0.25, -0.2) is 4.39 Å². The standard InChI is InChI=1S/C10H13ClFN/c1-7(13)5-6-8-9(11)3-2-4-10(8)12/h2-4,7H,5-6,13H2,1H3/t7-/m0/s1. The first-order valence-corrected chi connectivity index (χ1v) is 4.67. The topological polar surface area (TPSA) is 26.0 Å². The first-order valence-electron chi connectivity index (χ1n) is 4.29. The Hall–Kier alpha value is -0.600. The number of benzene rings is 1. The lowest BCUT2D eigenvalue weighted by molar-refractivity contribution is 0.591. The Morgan fingerprint density at radius 1 is 1.54 bits per heavy atom. The van der Waals surface area contributed by atoms with Crippen LogP contribution < -0.4 is 5.73 Å². The van der Waals surface area contributed by atoms with Crippen LogP contribution >= 0.6 is 11.6 Å². The average Bonchev–Trinajstić information content (AvgIpc) is 2.03. The number of hydrogen-bond acceptors (Lipinski definition) is 1. The van der Waals surface area contributed by atoms with E-state index in [9.17, 15) is 4.39 Å². The number of halogens is 2. The van der Waals surface area contributed by atoms with Gasteiger partial charge in [-0.05, 0) is 31.9 Å². The lowest BCUT2D eigenvalue weighted by atomic mass is 10.1. The van der Waals surface area contributed by atoms with E-state index < -0.39 is 0 Å². The number of hydrogen-bond donors (Lipinski definition) is 1. The highest BCUT2D eigenvalue weighted by Crippen LogP contribution is 2.20. The smallest absolute Gasteiger partial charge is 0.127 e. The summed E-state index contributed by atoms with van der Waals surface area (Å²) in [7, 11) is 0. The van der Waals surface area contributed by atoms with Crippen molar-refractivity contribution in [1.29, 1.82) is 0 Å². The fourth-order valence-electron chi connectivity index (χ4n) is 1.14. The van der Waals surface area contributed by atoms with Gasteiger partial charge in [0.1, 0.15) is 5.82 Å². The van der Waals surface area contributed by atoms with Gasteiger partial charge in [0.05, 0.1) is 0 Å². The molecule has 0 fully saturated rings. The highest BCUT2D eigenvalue weighted by Gasteiger charge is 2.06. The molecular weight excluding hydrogens is 189 g/mol. The van der Waals surface area contributed by atoms with Gasteiger partial charge in [0.15, 0.2) is 0 Å². The fraction of sp³-hybridized carbons (Fsp3) is 0.400. The highest BCUT2D eigenvalue weighted by atomic mass is 35.5. The molecule has 0 aliphatic rings. The summed E-state index contributed by atoms with van der Waals surface area (Å²) in [6, 6.07) is 4.80. The second-order valence-electron chi connectivity index (χ2n) is 3.22. The molecule has 0 bridgehead atoms. The summed E-state index contributed by atoms with van der Waals surface area (Å²) in [6.07, 6.45) is 1.35. The predicted octanol–water partition coefficient (Wildman–Crippen LogP) is 2.76.